The first-order valence-corrected chi connectivity index (χ1v) is 7.69. The van der Waals surface area contributed by atoms with Crippen molar-refractivity contribution in [1.29, 1.82) is 0 Å². The van der Waals surface area contributed by atoms with E-state index in [1.54, 1.807) is 0 Å². The van der Waals surface area contributed by atoms with Crippen molar-refractivity contribution in [3.63, 3.8) is 0 Å². The highest BCUT2D eigenvalue weighted by Crippen LogP contribution is 2.29. The van der Waals surface area contributed by atoms with Gasteiger partial charge < -0.3 is 20.5 Å². The van der Waals surface area contributed by atoms with Gasteiger partial charge in [0, 0.05) is 19.6 Å². The lowest BCUT2D eigenvalue weighted by molar-refractivity contribution is -0.144. The van der Waals surface area contributed by atoms with Gasteiger partial charge in [0.15, 0.2) is 0 Å². The van der Waals surface area contributed by atoms with Crippen LogP contribution in [0.4, 0.5) is 4.79 Å². The van der Waals surface area contributed by atoms with Crippen LogP contribution >= 0.6 is 0 Å². The minimum atomic E-state index is -1.09. The summed E-state index contributed by atoms with van der Waals surface area (Å²) in [5, 5.41) is 14.7. The number of hydrogen-bond acceptors (Lipinski definition) is 4. The van der Waals surface area contributed by atoms with Gasteiger partial charge in [0.1, 0.15) is 5.54 Å². The monoisotopic (exact) mass is 299 g/mol. The summed E-state index contributed by atoms with van der Waals surface area (Å²) >= 11 is 0. The highest BCUT2D eigenvalue weighted by Gasteiger charge is 2.42. The van der Waals surface area contributed by atoms with Gasteiger partial charge in [0.2, 0.25) is 0 Å². The Morgan fingerprint density at radius 3 is 2.71 bits per heavy atom. The van der Waals surface area contributed by atoms with Crippen LogP contribution in [0.15, 0.2) is 0 Å². The summed E-state index contributed by atoms with van der Waals surface area (Å²) < 4.78 is 5.60. The minimum Gasteiger partial charge on any atom is -0.480 e. The quantitative estimate of drug-likeness (QED) is 0.684. The molecule has 0 aromatic carbocycles. The van der Waals surface area contributed by atoms with E-state index in [-0.39, 0.29) is 6.10 Å². The average molecular weight is 299 g/mol. The summed E-state index contributed by atoms with van der Waals surface area (Å²) in [6.07, 6.45) is 2.64. The lowest BCUT2D eigenvalue weighted by Gasteiger charge is -2.32. The minimum absolute atomic E-state index is 0.0335. The molecule has 1 atom stereocenters. The molecular formula is C14H25N3O4. The number of carboxylic acid groups (broad SMARTS) is 1. The van der Waals surface area contributed by atoms with Gasteiger partial charge >= 0.3 is 12.0 Å². The molecule has 21 heavy (non-hydrogen) atoms. The molecule has 120 valence electrons. The lowest BCUT2D eigenvalue weighted by atomic mass is 9.98. The number of carbonyl (C=O) groups excluding carboxylic acids is 1. The highest BCUT2D eigenvalue weighted by atomic mass is 16.5. The molecule has 2 aliphatic rings. The van der Waals surface area contributed by atoms with Crippen molar-refractivity contribution < 1.29 is 19.4 Å². The highest BCUT2D eigenvalue weighted by molar-refractivity contribution is 5.86. The molecule has 0 radical (unpaired) electrons. The smallest absolute Gasteiger partial charge is 0.329 e. The number of morpholine rings is 1. The average Bonchev–Trinajstić information content (AvgIpc) is 2.95. The molecule has 0 spiro atoms. The predicted octanol–water partition coefficient (Wildman–Crippen LogP) is 0.404. The Kier molecular flexibility index (Phi) is 5.41. The normalized spacial score (nSPS) is 25.5. The van der Waals surface area contributed by atoms with E-state index in [4.69, 9.17) is 4.74 Å². The fourth-order valence-electron chi connectivity index (χ4n) is 3.03. The Labute approximate surface area is 125 Å². The molecule has 1 saturated carbocycles. The maximum Gasteiger partial charge on any atom is 0.329 e. The van der Waals surface area contributed by atoms with E-state index in [1.807, 2.05) is 0 Å². The summed E-state index contributed by atoms with van der Waals surface area (Å²) in [6.45, 7) is 5.84. The molecule has 7 heteroatoms. The first-order valence-electron chi connectivity index (χ1n) is 7.69. The van der Waals surface area contributed by atoms with Crippen LogP contribution in [0.5, 0.6) is 0 Å². The third-order valence-electron chi connectivity index (χ3n) is 4.38. The third kappa shape index (κ3) is 4.07. The second-order valence-electron chi connectivity index (χ2n) is 5.82. The second-order valence-corrected chi connectivity index (χ2v) is 5.82. The van der Waals surface area contributed by atoms with Crippen LogP contribution < -0.4 is 10.6 Å². The number of carbonyl (C=O) groups is 2. The Morgan fingerprint density at radius 2 is 2.10 bits per heavy atom. The van der Waals surface area contributed by atoms with Crippen LogP contribution in [0.2, 0.25) is 0 Å². The molecule has 0 aromatic rings. The van der Waals surface area contributed by atoms with Gasteiger partial charge in [-0.15, -0.1) is 0 Å². The van der Waals surface area contributed by atoms with Crippen molar-refractivity contribution in [2.24, 2.45) is 0 Å². The van der Waals surface area contributed by atoms with Crippen LogP contribution in [-0.4, -0.2) is 66.4 Å². The van der Waals surface area contributed by atoms with Crippen molar-refractivity contribution in [3.8, 4) is 0 Å². The van der Waals surface area contributed by atoms with E-state index in [0.717, 1.165) is 32.5 Å². The lowest BCUT2D eigenvalue weighted by Crippen LogP contribution is -2.57. The number of urea groups is 1. The first-order chi connectivity index (χ1) is 10.1. The molecule has 2 rings (SSSR count). The zero-order valence-electron chi connectivity index (χ0n) is 12.6. The molecule has 1 aliphatic heterocycles. The Morgan fingerprint density at radius 1 is 1.38 bits per heavy atom. The fraction of sp³-hybridized carbons (Fsp3) is 0.857. The van der Waals surface area contributed by atoms with Gasteiger partial charge in [0.25, 0.3) is 0 Å². The first kappa shape index (κ1) is 16.0. The Hall–Kier alpha value is -1.34. The van der Waals surface area contributed by atoms with Crippen LogP contribution in [0.3, 0.4) is 0 Å². The summed E-state index contributed by atoms with van der Waals surface area (Å²) in [4.78, 5) is 25.6. The van der Waals surface area contributed by atoms with Crippen molar-refractivity contribution in [1.82, 2.24) is 15.5 Å². The molecule has 1 saturated heterocycles. The van der Waals surface area contributed by atoms with Gasteiger partial charge in [-0.25, -0.2) is 9.59 Å². The largest absolute Gasteiger partial charge is 0.480 e. The predicted molar refractivity (Wildman–Crippen MR) is 77.2 cm³/mol. The summed E-state index contributed by atoms with van der Waals surface area (Å²) in [7, 11) is 0. The van der Waals surface area contributed by atoms with E-state index < -0.39 is 17.5 Å². The molecular weight excluding hydrogens is 274 g/mol. The molecule has 0 bridgehead atoms. The van der Waals surface area contributed by atoms with E-state index in [2.05, 4.69) is 22.5 Å². The molecule has 0 aromatic heterocycles. The number of aliphatic carboxylic acids is 1. The van der Waals surface area contributed by atoms with Crippen molar-refractivity contribution in [2.45, 2.75) is 44.2 Å². The number of amides is 2. The van der Waals surface area contributed by atoms with Gasteiger partial charge in [-0.2, -0.15) is 0 Å². The summed E-state index contributed by atoms with van der Waals surface area (Å²) in [6, 6.07) is -0.420. The molecule has 1 aliphatic carbocycles. The fourth-order valence-corrected chi connectivity index (χ4v) is 3.03. The van der Waals surface area contributed by atoms with Crippen molar-refractivity contribution >= 4 is 12.0 Å². The maximum atomic E-state index is 11.9. The maximum absolute atomic E-state index is 11.9. The molecule has 2 fully saturated rings. The standard InChI is InChI=1S/C14H25N3O4/c1-2-17-7-8-21-11(10-17)9-15-13(20)16-14(12(18)19)5-3-4-6-14/h11H,2-10H2,1H3,(H,18,19)(H2,15,16,20). The zero-order chi connectivity index (χ0) is 15.3. The number of nitrogens with zero attached hydrogens (tertiary/aromatic N) is 1. The van der Waals surface area contributed by atoms with Crippen LogP contribution in [0, 0.1) is 0 Å². The number of rotatable bonds is 5. The van der Waals surface area contributed by atoms with Crippen LogP contribution in [0.1, 0.15) is 32.6 Å². The topological polar surface area (TPSA) is 90.9 Å². The third-order valence-corrected chi connectivity index (χ3v) is 4.38. The molecule has 3 N–H and O–H groups in total. The Bertz CT molecular complexity index is 382. The van der Waals surface area contributed by atoms with Crippen molar-refractivity contribution in [2.75, 3.05) is 32.8 Å². The Balaban J connectivity index is 1.78. The molecule has 2 amide bonds. The van der Waals surface area contributed by atoms with Crippen LogP contribution in [-0.2, 0) is 9.53 Å². The summed E-state index contributed by atoms with van der Waals surface area (Å²) in [5.74, 6) is -0.943. The number of likely N-dealkylation sites (N-methyl/N-ethyl adjacent to an activating group) is 1. The summed E-state index contributed by atoms with van der Waals surface area (Å²) in [5.41, 5.74) is -1.09. The zero-order valence-corrected chi connectivity index (χ0v) is 12.6. The SMILES string of the molecule is CCN1CCOC(CNC(=O)NC2(C(=O)O)CCCC2)C1. The number of hydrogen-bond donors (Lipinski definition) is 3. The van der Waals surface area contributed by atoms with Gasteiger partial charge in [-0.05, 0) is 19.4 Å². The van der Waals surface area contributed by atoms with E-state index in [0.29, 0.717) is 26.0 Å². The molecule has 7 nitrogen and oxygen atoms in total. The van der Waals surface area contributed by atoms with Gasteiger partial charge in [-0.1, -0.05) is 19.8 Å². The van der Waals surface area contributed by atoms with Crippen molar-refractivity contribution in [3.05, 3.63) is 0 Å². The second kappa shape index (κ2) is 7.09. The molecule has 1 unspecified atom stereocenters. The number of carboxylic acids is 1. The van der Waals surface area contributed by atoms with Gasteiger partial charge in [-0.3, -0.25) is 4.90 Å². The van der Waals surface area contributed by atoms with Gasteiger partial charge in [0.05, 0.1) is 12.7 Å². The van der Waals surface area contributed by atoms with Crippen LogP contribution in [0.25, 0.3) is 0 Å². The van der Waals surface area contributed by atoms with E-state index in [1.165, 1.54) is 0 Å². The van der Waals surface area contributed by atoms with E-state index in [9.17, 15) is 14.7 Å². The number of ether oxygens (including phenoxy) is 1. The van der Waals surface area contributed by atoms with E-state index >= 15 is 0 Å². The number of nitrogens with one attached hydrogen (secondary N) is 2. The molecule has 1 heterocycles.